The van der Waals surface area contributed by atoms with Crippen molar-refractivity contribution in [2.24, 2.45) is 0 Å². The molecule has 0 bridgehead atoms. The van der Waals surface area contributed by atoms with E-state index in [-0.39, 0.29) is 19.8 Å². The molecule has 1 atom stereocenters. The fraction of sp³-hybridized carbons (Fsp3) is 0.455. The van der Waals surface area contributed by atoms with E-state index in [0.717, 1.165) is 46.4 Å². The second kappa shape index (κ2) is 21.9. The molecule has 51 heavy (non-hydrogen) atoms. The second-order valence-electron chi connectivity index (χ2n) is 13.3. The van der Waals surface area contributed by atoms with E-state index in [2.05, 4.69) is 81.6 Å². The summed E-state index contributed by atoms with van der Waals surface area (Å²) in [5.41, 5.74) is 9.76. The number of hydrogen-bond donors (Lipinski definition) is 2. The van der Waals surface area contributed by atoms with Crippen LogP contribution in [-0.4, -0.2) is 54.7 Å². The molecule has 3 aromatic carbocycles. The molecule has 2 N–H and O–H groups in total. The van der Waals surface area contributed by atoms with Crippen LogP contribution in [0.2, 0.25) is 0 Å². The van der Waals surface area contributed by atoms with Gasteiger partial charge < -0.3 is 24.4 Å². The van der Waals surface area contributed by atoms with Gasteiger partial charge in [0.2, 0.25) is 0 Å². The lowest BCUT2D eigenvalue weighted by atomic mass is 9.89. The molecule has 0 saturated heterocycles. The van der Waals surface area contributed by atoms with Gasteiger partial charge in [-0.25, -0.2) is 9.59 Å². The molecule has 7 heteroatoms. The molecule has 0 fully saturated rings. The van der Waals surface area contributed by atoms with Crippen LogP contribution in [0.1, 0.15) is 94.9 Å². The summed E-state index contributed by atoms with van der Waals surface area (Å²) in [6.45, 7) is 15.5. The average Bonchev–Trinajstić information content (AvgIpc) is 3.13. The summed E-state index contributed by atoms with van der Waals surface area (Å²) in [6.07, 6.45) is 8.21. The van der Waals surface area contributed by atoms with Crippen molar-refractivity contribution in [3.63, 3.8) is 0 Å². The summed E-state index contributed by atoms with van der Waals surface area (Å²) in [4.78, 5) is 24.1. The predicted molar refractivity (Wildman–Crippen MR) is 206 cm³/mol. The van der Waals surface area contributed by atoms with Crippen molar-refractivity contribution in [2.45, 2.75) is 104 Å². The zero-order valence-corrected chi connectivity index (χ0v) is 31.2. The number of unbranched alkanes of at least 4 members (excludes halogenated alkanes) is 2. The van der Waals surface area contributed by atoms with E-state index in [1.54, 1.807) is 13.8 Å². The van der Waals surface area contributed by atoms with Gasteiger partial charge in [0, 0.05) is 16.7 Å². The van der Waals surface area contributed by atoms with Gasteiger partial charge in [-0.3, -0.25) is 0 Å². The minimum absolute atomic E-state index is 0.236. The molecular weight excluding hydrogens is 640 g/mol. The standard InChI is InChI=1S/C44H58O7/c1-7-9-10-14-33-18-20-35(21-19-33)37-23-24-39(34(8-2)29-37)41-25-22-36(15-11-27-50-43(47)31(3)4)40(17-13-28-51-44(48)32(5)6)42(41)49-26-12-16-38(46)30-45/h18-25,29,38,45-46H,3,5,7-17,26-28,30H2,1-2,4,6H3. The Hall–Kier alpha value is -4.20. The van der Waals surface area contributed by atoms with Crippen LogP contribution >= 0.6 is 0 Å². The number of aliphatic hydroxyl groups excluding tert-OH is 2. The summed E-state index contributed by atoms with van der Waals surface area (Å²) >= 11 is 0. The molecule has 0 aliphatic heterocycles. The molecule has 0 aromatic heterocycles. The van der Waals surface area contributed by atoms with Crippen LogP contribution in [-0.2, 0) is 44.7 Å². The Morgan fingerprint density at radius 3 is 1.94 bits per heavy atom. The fourth-order valence-electron chi connectivity index (χ4n) is 6.00. The van der Waals surface area contributed by atoms with Gasteiger partial charge in [0.05, 0.1) is 32.5 Å². The van der Waals surface area contributed by atoms with Gasteiger partial charge in [-0.2, -0.15) is 0 Å². The smallest absolute Gasteiger partial charge is 0.333 e. The highest BCUT2D eigenvalue weighted by Crippen LogP contribution is 2.40. The van der Waals surface area contributed by atoms with Crippen LogP contribution in [0.5, 0.6) is 5.75 Å². The Morgan fingerprint density at radius 2 is 1.33 bits per heavy atom. The van der Waals surface area contributed by atoms with Crippen LogP contribution in [0.4, 0.5) is 0 Å². The molecule has 0 saturated carbocycles. The van der Waals surface area contributed by atoms with Gasteiger partial charge in [0.25, 0.3) is 0 Å². The molecule has 0 amide bonds. The molecule has 3 aromatic rings. The quantitative estimate of drug-likeness (QED) is 0.0579. The lowest BCUT2D eigenvalue weighted by Crippen LogP contribution is -2.14. The van der Waals surface area contributed by atoms with E-state index in [1.807, 2.05) is 0 Å². The van der Waals surface area contributed by atoms with Crippen molar-refractivity contribution in [1.29, 1.82) is 0 Å². The molecular formula is C44H58O7. The molecule has 276 valence electrons. The highest BCUT2D eigenvalue weighted by Gasteiger charge is 2.20. The first kappa shape index (κ1) is 41.2. The maximum Gasteiger partial charge on any atom is 0.333 e. The summed E-state index contributed by atoms with van der Waals surface area (Å²) in [5, 5.41) is 19.3. The molecule has 0 aliphatic carbocycles. The molecule has 1 unspecified atom stereocenters. The summed E-state index contributed by atoms with van der Waals surface area (Å²) in [5.74, 6) is -0.0616. The zero-order valence-electron chi connectivity index (χ0n) is 31.2. The predicted octanol–water partition coefficient (Wildman–Crippen LogP) is 8.93. The number of ether oxygens (including phenoxy) is 3. The van der Waals surface area contributed by atoms with Gasteiger partial charge in [0.1, 0.15) is 5.75 Å². The van der Waals surface area contributed by atoms with Crippen molar-refractivity contribution in [3.05, 3.63) is 101 Å². The molecule has 7 nitrogen and oxygen atoms in total. The number of benzene rings is 3. The highest BCUT2D eigenvalue weighted by atomic mass is 16.5. The van der Waals surface area contributed by atoms with Crippen LogP contribution in [0.3, 0.4) is 0 Å². The number of rotatable bonds is 23. The lowest BCUT2D eigenvalue weighted by Gasteiger charge is -2.22. The van der Waals surface area contributed by atoms with Crippen LogP contribution < -0.4 is 4.74 Å². The van der Waals surface area contributed by atoms with Gasteiger partial charge in [-0.05, 0) is 111 Å². The van der Waals surface area contributed by atoms with Crippen LogP contribution in [0, 0.1) is 0 Å². The maximum atomic E-state index is 12.1. The van der Waals surface area contributed by atoms with Gasteiger partial charge in [-0.1, -0.05) is 94.4 Å². The minimum atomic E-state index is -0.798. The fourth-order valence-corrected chi connectivity index (χ4v) is 6.00. The third-order valence-corrected chi connectivity index (χ3v) is 8.95. The van der Waals surface area contributed by atoms with E-state index in [1.165, 1.54) is 36.0 Å². The Morgan fingerprint density at radius 1 is 0.706 bits per heavy atom. The molecule has 0 aliphatic rings. The monoisotopic (exact) mass is 698 g/mol. The lowest BCUT2D eigenvalue weighted by molar-refractivity contribution is -0.139. The Bertz CT molecular complexity index is 1590. The van der Waals surface area contributed by atoms with E-state index in [4.69, 9.17) is 14.2 Å². The first-order chi connectivity index (χ1) is 24.6. The summed E-state index contributed by atoms with van der Waals surface area (Å²) in [6, 6.07) is 19.8. The number of hydrogen-bond acceptors (Lipinski definition) is 7. The number of aliphatic hydroxyl groups is 2. The third-order valence-electron chi connectivity index (χ3n) is 8.95. The average molecular weight is 699 g/mol. The number of aryl methyl sites for hydroxylation is 3. The first-order valence-electron chi connectivity index (χ1n) is 18.5. The molecule has 0 heterocycles. The topological polar surface area (TPSA) is 102 Å². The molecule has 0 radical (unpaired) electrons. The molecule has 0 spiro atoms. The van der Waals surface area contributed by atoms with E-state index in [0.29, 0.717) is 56.3 Å². The van der Waals surface area contributed by atoms with Crippen molar-refractivity contribution in [3.8, 4) is 28.0 Å². The van der Waals surface area contributed by atoms with Gasteiger partial charge in [-0.15, -0.1) is 0 Å². The number of carbonyl (C=O) groups is 2. The largest absolute Gasteiger partial charge is 0.493 e. The molecule has 3 rings (SSSR count). The van der Waals surface area contributed by atoms with Crippen molar-refractivity contribution in [1.82, 2.24) is 0 Å². The number of carbonyl (C=O) groups excluding carboxylic acids is 2. The highest BCUT2D eigenvalue weighted by molar-refractivity contribution is 5.87. The third kappa shape index (κ3) is 13.1. The Labute approximate surface area is 305 Å². The van der Waals surface area contributed by atoms with Gasteiger partial charge >= 0.3 is 11.9 Å². The zero-order chi connectivity index (χ0) is 37.2. The van der Waals surface area contributed by atoms with Crippen molar-refractivity contribution in [2.75, 3.05) is 26.4 Å². The second-order valence-corrected chi connectivity index (χ2v) is 13.3. The summed E-state index contributed by atoms with van der Waals surface area (Å²) < 4.78 is 17.4. The van der Waals surface area contributed by atoms with E-state index >= 15 is 0 Å². The normalized spacial score (nSPS) is 11.6. The Balaban J connectivity index is 2.01. The summed E-state index contributed by atoms with van der Waals surface area (Å²) in [7, 11) is 0. The first-order valence-corrected chi connectivity index (χ1v) is 18.5. The number of esters is 2. The van der Waals surface area contributed by atoms with Gasteiger partial charge in [0.15, 0.2) is 0 Å². The van der Waals surface area contributed by atoms with E-state index in [9.17, 15) is 19.8 Å². The van der Waals surface area contributed by atoms with E-state index < -0.39 is 18.0 Å². The van der Waals surface area contributed by atoms with Crippen molar-refractivity contribution >= 4 is 11.9 Å². The van der Waals surface area contributed by atoms with Crippen LogP contribution in [0.25, 0.3) is 22.3 Å². The SMILES string of the molecule is C=C(C)C(=O)OCCCc1ccc(-c2ccc(-c3ccc(CCCCC)cc3)cc2CC)c(OCCCC(O)CO)c1CCCOC(=O)C(=C)C. The van der Waals surface area contributed by atoms with Crippen molar-refractivity contribution < 1.29 is 34.0 Å². The Kier molecular flexibility index (Phi) is 17.7. The van der Waals surface area contributed by atoms with Crippen LogP contribution in [0.15, 0.2) is 78.9 Å². The maximum absolute atomic E-state index is 12.1. The minimum Gasteiger partial charge on any atom is -0.493 e.